The molecule has 300 valence electrons. The van der Waals surface area contributed by atoms with E-state index in [2.05, 4.69) is 130 Å². The largest absolute Gasteiger partial charge is 0.456 e. The Kier molecular flexibility index (Phi) is 9.50. The van der Waals surface area contributed by atoms with E-state index in [0.717, 1.165) is 67.0 Å². The van der Waals surface area contributed by atoms with Gasteiger partial charge in [0.05, 0.1) is 11.4 Å². The first kappa shape index (κ1) is 38.3. The fraction of sp³-hybridized carbons (Fsp3) is 0.0508. The van der Waals surface area contributed by atoms with Crippen LogP contribution in [0.25, 0.3) is 54.9 Å². The predicted octanol–water partition coefficient (Wildman–Crippen LogP) is 14.2. The minimum Gasteiger partial charge on any atom is -0.456 e. The lowest BCUT2D eigenvalue weighted by Gasteiger charge is -2.30. The highest BCUT2D eigenvalue weighted by molar-refractivity contribution is 6.98. The lowest BCUT2D eigenvalue weighted by atomic mass is 9.34. The van der Waals surface area contributed by atoms with Gasteiger partial charge in [0.2, 0.25) is 6.71 Å². The number of ether oxygens (including phenoxy) is 1. The highest BCUT2D eigenvalue weighted by Gasteiger charge is 2.32. The van der Waals surface area contributed by atoms with E-state index in [9.17, 15) is 0 Å². The molecule has 0 amide bonds. The number of halogens is 1. The second-order valence-corrected chi connectivity index (χ2v) is 16.7. The first-order valence-corrected chi connectivity index (χ1v) is 21.6. The molecule has 1 aliphatic heterocycles. The zero-order chi connectivity index (χ0) is 42.6. The van der Waals surface area contributed by atoms with Crippen LogP contribution in [0, 0.1) is 26.6 Å². The third kappa shape index (κ3) is 6.67. The molecule has 0 saturated heterocycles. The molecular weight excluding hydrogens is 768 g/mol. The Balaban J connectivity index is 1.09. The van der Waals surface area contributed by atoms with Gasteiger partial charge >= 0.3 is 0 Å². The van der Waals surface area contributed by atoms with E-state index in [-0.39, 0.29) is 12.5 Å². The molecule has 1 heterocycles. The van der Waals surface area contributed by atoms with Crippen LogP contribution < -0.4 is 26.0 Å². The number of benzene rings is 10. The molecule has 0 radical (unpaired) electrons. The van der Waals surface area contributed by atoms with Crippen molar-refractivity contribution >= 4 is 61.7 Å². The van der Waals surface area contributed by atoms with E-state index >= 15 is 4.39 Å². The van der Waals surface area contributed by atoms with Crippen LogP contribution in [0.15, 0.2) is 206 Å². The minimum absolute atomic E-state index is 0.0220. The van der Waals surface area contributed by atoms with Gasteiger partial charge in [-0.05, 0) is 102 Å². The molecule has 0 aliphatic carbocycles. The maximum Gasteiger partial charge on any atom is 0.243 e. The van der Waals surface area contributed by atoms with Crippen molar-refractivity contribution in [1.29, 1.82) is 0 Å². The van der Waals surface area contributed by atoms with E-state index < -0.39 is 0 Å². The topological polar surface area (TPSA) is 12.5 Å². The molecule has 0 bridgehead atoms. The number of nitrogens with zero attached hydrogens (tertiary/aromatic N) is 1. The average molecular weight is 812 g/mol. The first-order chi connectivity index (χ1) is 30.9. The summed E-state index contributed by atoms with van der Waals surface area (Å²) < 4.78 is 24.2. The molecule has 0 fully saturated rings. The number of para-hydroxylation sites is 1. The van der Waals surface area contributed by atoms with E-state index in [1.165, 1.54) is 43.9 Å². The quantitative estimate of drug-likeness (QED) is 0.142. The molecule has 0 unspecified atom stereocenters. The van der Waals surface area contributed by atoms with Crippen LogP contribution in [0.2, 0.25) is 0 Å². The maximum atomic E-state index is 17.2. The van der Waals surface area contributed by atoms with Crippen molar-refractivity contribution in [2.24, 2.45) is 0 Å². The Morgan fingerprint density at radius 2 is 1.06 bits per heavy atom. The summed E-state index contributed by atoms with van der Waals surface area (Å²) in [6.45, 7) is 6.66. The second kappa shape index (κ2) is 15.7. The van der Waals surface area contributed by atoms with Gasteiger partial charge in [0.15, 0.2) is 0 Å². The molecule has 4 heteroatoms. The Morgan fingerprint density at radius 3 is 1.83 bits per heavy atom. The standard InChI is InChI=1S/C59H43BFNO/c1-38-33-39(2)58(40(3)34-38)60(52-27-15-22-42-21-13-14-25-47(42)52)53-32-31-49-48-30-29-46(37-56(48)63-55-28-16-26-50(53)57(49)55)62(45-23-11-6-12-24-45)59-51(43-19-9-5-10-20-43)35-44(36-54(59)61)41-17-7-4-8-18-41/h4-37H,1-3H3. The van der Waals surface area contributed by atoms with E-state index in [1.807, 2.05) is 95.9 Å². The predicted molar refractivity (Wildman–Crippen MR) is 264 cm³/mol. The van der Waals surface area contributed by atoms with Gasteiger partial charge < -0.3 is 9.64 Å². The summed E-state index contributed by atoms with van der Waals surface area (Å²) in [5.74, 6) is 1.21. The molecule has 0 saturated carbocycles. The van der Waals surface area contributed by atoms with Gasteiger partial charge in [-0.15, -0.1) is 0 Å². The third-order valence-corrected chi connectivity index (χ3v) is 12.7. The van der Waals surface area contributed by atoms with Gasteiger partial charge in [0.1, 0.15) is 17.3 Å². The summed E-state index contributed by atoms with van der Waals surface area (Å²) in [6, 6.07) is 71.3. The molecule has 10 aromatic rings. The Hall–Kier alpha value is -7.69. The van der Waals surface area contributed by atoms with Crippen molar-refractivity contribution in [3.05, 3.63) is 229 Å². The number of hydrogen-bond donors (Lipinski definition) is 0. The van der Waals surface area contributed by atoms with E-state index in [4.69, 9.17) is 4.74 Å². The number of hydrogen-bond acceptors (Lipinski definition) is 2. The van der Waals surface area contributed by atoms with Crippen molar-refractivity contribution in [3.8, 4) is 44.9 Å². The molecule has 0 aromatic heterocycles. The van der Waals surface area contributed by atoms with Crippen LogP contribution in [0.1, 0.15) is 16.7 Å². The van der Waals surface area contributed by atoms with Gasteiger partial charge in [-0.25, -0.2) is 4.39 Å². The summed E-state index contributed by atoms with van der Waals surface area (Å²) in [4.78, 5) is 2.02. The summed E-state index contributed by atoms with van der Waals surface area (Å²) in [5, 5.41) is 4.74. The smallest absolute Gasteiger partial charge is 0.243 e. The maximum absolute atomic E-state index is 17.2. The van der Waals surface area contributed by atoms with Gasteiger partial charge in [-0.3, -0.25) is 0 Å². The molecule has 11 rings (SSSR count). The van der Waals surface area contributed by atoms with Crippen LogP contribution in [0.3, 0.4) is 0 Å². The lowest BCUT2D eigenvalue weighted by molar-refractivity contribution is 0.487. The van der Waals surface area contributed by atoms with Crippen LogP contribution >= 0.6 is 0 Å². The summed E-state index contributed by atoms with van der Waals surface area (Å²) in [5.41, 5.74) is 15.4. The Bertz CT molecular complexity index is 3340. The Morgan fingerprint density at radius 1 is 0.444 bits per heavy atom. The van der Waals surface area contributed by atoms with Crippen LogP contribution in [0.5, 0.6) is 11.5 Å². The zero-order valence-corrected chi connectivity index (χ0v) is 35.4. The molecule has 63 heavy (non-hydrogen) atoms. The van der Waals surface area contributed by atoms with Gasteiger partial charge in [0, 0.05) is 28.3 Å². The van der Waals surface area contributed by atoms with E-state index in [1.54, 1.807) is 6.07 Å². The zero-order valence-electron chi connectivity index (χ0n) is 35.4. The fourth-order valence-electron chi connectivity index (χ4n) is 10.1. The molecule has 0 atom stereocenters. The normalized spacial score (nSPS) is 11.6. The SMILES string of the molecule is Cc1cc(C)c(B(c2cccc3ccccc23)c2ccc3c4c(cccc24)Oc2cc(N(c4ccccc4)c4c(F)cc(-c5ccccc5)cc4-c4ccccc4)ccc2-3)c(C)c1. The van der Waals surface area contributed by atoms with Crippen molar-refractivity contribution in [2.45, 2.75) is 20.8 Å². The molecule has 0 spiro atoms. The Labute approximate surface area is 368 Å². The average Bonchev–Trinajstić information content (AvgIpc) is 3.31. The first-order valence-electron chi connectivity index (χ1n) is 21.6. The van der Waals surface area contributed by atoms with Crippen molar-refractivity contribution in [1.82, 2.24) is 0 Å². The van der Waals surface area contributed by atoms with Crippen LogP contribution in [-0.4, -0.2) is 6.71 Å². The van der Waals surface area contributed by atoms with E-state index in [0.29, 0.717) is 5.69 Å². The van der Waals surface area contributed by atoms with Gasteiger partial charge in [-0.2, -0.15) is 0 Å². The summed E-state index contributed by atoms with van der Waals surface area (Å²) in [7, 11) is 0. The van der Waals surface area contributed by atoms with Crippen molar-refractivity contribution < 1.29 is 9.13 Å². The lowest BCUT2D eigenvalue weighted by Crippen LogP contribution is -2.54. The van der Waals surface area contributed by atoms with Gasteiger partial charge in [0.25, 0.3) is 0 Å². The monoisotopic (exact) mass is 811 g/mol. The van der Waals surface area contributed by atoms with Crippen molar-refractivity contribution in [2.75, 3.05) is 4.90 Å². The number of aryl methyl sites for hydroxylation is 3. The minimum atomic E-state index is -0.319. The van der Waals surface area contributed by atoms with Crippen LogP contribution in [-0.2, 0) is 0 Å². The molecule has 0 N–H and O–H groups in total. The summed E-state index contributed by atoms with van der Waals surface area (Å²) in [6.07, 6.45) is 0. The molecule has 2 nitrogen and oxygen atoms in total. The highest BCUT2D eigenvalue weighted by atomic mass is 19.1. The third-order valence-electron chi connectivity index (χ3n) is 12.7. The fourth-order valence-corrected chi connectivity index (χ4v) is 10.1. The molecular formula is C59H43BFNO. The number of anilines is 3. The van der Waals surface area contributed by atoms with Gasteiger partial charge in [-0.1, -0.05) is 191 Å². The molecule has 1 aliphatic rings. The highest BCUT2D eigenvalue weighted by Crippen LogP contribution is 2.50. The number of rotatable bonds is 8. The second-order valence-electron chi connectivity index (χ2n) is 16.7. The summed E-state index contributed by atoms with van der Waals surface area (Å²) >= 11 is 0. The molecule has 10 aromatic carbocycles. The van der Waals surface area contributed by atoms with Crippen LogP contribution in [0.4, 0.5) is 21.5 Å². The number of fused-ring (bicyclic) bond motifs is 3. The van der Waals surface area contributed by atoms with Crippen molar-refractivity contribution in [3.63, 3.8) is 0 Å².